The first kappa shape index (κ1) is 10.0. The van der Waals surface area contributed by atoms with Crippen LogP contribution in [0.5, 0.6) is 11.5 Å². The summed E-state index contributed by atoms with van der Waals surface area (Å²) in [4.78, 5) is 21.1. The molecule has 0 fully saturated rings. The topological polar surface area (TPSA) is 83.8 Å². The van der Waals surface area contributed by atoms with Crippen LogP contribution in [0, 0.1) is 0 Å². The Balaban J connectivity index is 3.37. The smallest absolute Gasteiger partial charge is 0.339 e. The fourth-order valence-electron chi connectivity index (χ4n) is 1.03. The number of benzene rings is 1. The van der Waals surface area contributed by atoms with Crippen molar-refractivity contribution in [1.82, 2.24) is 0 Å². The maximum atomic E-state index is 10.6. The summed E-state index contributed by atoms with van der Waals surface area (Å²) < 4.78 is 4.77. The number of rotatable bonds is 3. The van der Waals surface area contributed by atoms with Gasteiger partial charge in [-0.2, -0.15) is 0 Å². The number of carbonyl (C=O) groups is 2. The van der Waals surface area contributed by atoms with Gasteiger partial charge in [0.15, 0.2) is 6.29 Å². The van der Waals surface area contributed by atoms with Gasteiger partial charge < -0.3 is 14.9 Å². The van der Waals surface area contributed by atoms with Crippen LogP contribution in [-0.2, 0) is 0 Å². The van der Waals surface area contributed by atoms with Crippen molar-refractivity contribution in [1.29, 1.82) is 0 Å². The number of phenols is 1. The van der Waals surface area contributed by atoms with Gasteiger partial charge in [-0.25, -0.2) is 4.79 Å². The zero-order valence-corrected chi connectivity index (χ0v) is 7.35. The Morgan fingerprint density at radius 1 is 1.50 bits per heavy atom. The van der Waals surface area contributed by atoms with E-state index in [0.29, 0.717) is 6.29 Å². The lowest BCUT2D eigenvalue weighted by Crippen LogP contribution is -2.00. The van der Waals surface area contributed by atoms with Crippen LogP contribution in [0.2, 0.25) is 0 Å². The van der Waals surface area contributed by atoms with Gasteiger partial charge in [-0.05, 0) is 6.07 Å². The summed E-state index contributed by atoms with van der Waals surface area (Å²) in [5.74, 6) is -1.59. The van der Waals surface area contributed by atoms with Crippen molar-refractivity contribution in [3.05, 3.63) is 23.3 Å². The van der Waals surface area contributed by atoms with Gasteiger partial charge in [0.25, 0.3) is 0 Å². The lowest BCUT2D eigenvalue weighted by Gasteiger charge is -2.06. The maximum absolute atomic E-state index is 10.6. The molecule has 0 heterocycles. The average Bonchev–Trinajstić information content (AvgIpc) is 2.16. The van der Waals surface area contributed by atoms with E-state index in [0.717, 1.165) is 12.1 Å². The summed E-state index contributed by atoms with van der Waals surface area (Å²) in [6, 6.07) is 2.15. The van der Waals surface area contributed by atoms with Gasteiger partial charge in [0.2, 0.25) is 0 Å². The molecule has 0 amide bonds. The fraction of sp³-hybridized carbons (Fsp3) is 0.111. The minimum Gasteiger partial charge on any atom is -0.507 e. The molecule has 0 aromatic heterocycles. The molecule has 0 aliphatic heterocycles. The second-order valence-electron chi connectivity index (χ2n) is 2.53. The Kier molecular flexibility index (Phi) is 2.71. The van der Waals surface area contributed by atoms with Crippen LogP contribution in [0.3, 0.4) is 0 Å². The van der Waals surface area contributed by atoms with Gasteiger partial charge in [0, 0.05) is 6.07 Å². The molecule has 1 aromatic rings. The Morgan fingerprint density at radius 2 is 2.14 bits per heavy atom. The normalized spacial score (nSPS) is 9.50. The number of carboxylic acid groups (broad SMARTS) is 1. The number of aldehydes is 1. The van der Waals surface area contributed by atoms with E-state index in [2.05, 4.69) is 0 Å². The summed E-state index contributed by atoms with van der Waals surface area (Å²) in [6.45, 7) is 0. The summed E-state index contributed by atoms with van der Waals surface area (Å²) in [6.07, 6.45) is 0.463. The second kappa shape index (κ2) is 3.78. The van der Waals surface area contributed by atoms with Crippen molar-refractivity contribution >= 4 is 12.3 Å². The molecule has 0 saturated carbocycles. The fourth-order valence-corrected chi connectivity index (χ4v) is 1.03. The summed E-state index contributed by atoms with van der Waals surface area (Å²) in [5.41, 5.74) is -0.240. The molecule has 0 saturated heterocycles. The molecule has 74 valence electrons. The quantitative estimate of drug-likeness (QED) is 0.702. The van der Waals surface area contributed by atoms with Crippen molar-refractivity contribution in [3.8, 4) is 11.5 Å². The third-order valence-electron chi connectivity index (χ3n) is 1.71. The average molecular weight is 196 g/mol. The number of aromatic carboxylic acids is 1. The number of hydrogen-bond acceptors (Lipinski definition) is 4. The van der Waals surface area contributed by atoms with E-state index in [-0.39, 0.29) is 16.9 Å². The number of carboxylic acids is 1. The third-order valence-corrected chi connectivity index (χ3v) is 1.71. The van der Waals surface area contributed by atoms with Gasteiger partial charge >= 0.3 is 5.97 Å². The highest BCUT2D eigenvalue weighted by Crippen LogP contribution is 2.26. The first-order valence-electron chi connectivity index (χ1n) is 3.69. The van der Waals surface area contributed by atoms with Crippen LogP contribution < -0.4 is 4.74 Å². The van der Waals surface area contributed by atoms with Crippen LogP contribution in [0.1, 0.15) is 20.7 Å². The molecule has 1 aromatic carbocycles. The minimum absolute atomic E-state index is 0.0858. The summed E-state index contributed by atoms with van der Waals surface area (Å²) in [5, 5.41) is 17.9. The highest BCUT2D eigenvalue weighted by molar-refractivity contribution is 5.94. The molecule has 5 nitrogen and oxygen atoms in total. The van der Waals surface area contributed by atoms with Crippen molar-refractivity contribution in [2.45, 2.75) is 0 Å². The van der Waals surface area contributed by atoms with E-state index in [1.165, 1.54) is 7.11 Å². The monoisotopic (exact) mass is 196 g/mol. The van der Waals surface area contributed by atoms with Crippen molar-refractivity contribution in [3.63, 3.8) is 0 Å². The van der Waals surface area contributed by atoms with Gasteiger partial charge in [-0.1, -0.05) is 0 Å². The van der Waals surface area contributed by atoms with Gasteiger partial charge in [0.1, 0.15) is 17.1 Å². The summed E-state index contributed by atoms with van der Waals surface area (Å²) in [7, 11) is 1.32. The number of aromatic hydroxyl groups is 1. The van der Waals surface area contributed by atoms with Crippen molar-refractivity contribution < 1.29 is 24.5 Å². The lowest BCUT2D eigenvalue weighted by atomic mass is 10.1. The molecular formula is C9H8O5. The van der Waals surface area contributed by atoms with Crippen LogP contribution in [0.25, 0.3) is 0 Å². The molecule has 0 spiro atoms. The molecule has 0 bridgehead atoms. The van der Waals surface area contributed by atoms with Gasteiger partial charge in [-0.3, -0.25) is 4.79 Å². The van der Waals surface area contributed by atoms with E-state index >= 15 is 0 Å². The predicted octanol–water partition coefficient (Wildman–Crippen LogP) is 0.911. The molecule has 0 unspecified atom stereocenters. The molecule has 2 N–H and O–H groups in total. The Labute approximate surface area is 79.6 Å². The third kappa shape index (κ3) is 1.66. The largest absolute Gasteiger partial charge is 0.507 e. The molecule has 1 rings (SSSR count). The summed E-state index contributed by atoms with van der Waals surface area (Å²) >= 11 is 0. The van der Waals surface area contributed by atoms with Crippen molar-refractivity contribution in [2.75, 3.05) is 7.11 Å². The Bertz CT molecular complexity index is 383. The van der Waals surface area contributed by atoms with E-state index in [4.69, 9.17) is 9.84 Å². The number of ether oxygens (including phenoxy) is 1. The van der Waals surface area contributed by atoms with Crippen LogP contribution in [-0.4, -0.2) is 29.6 Å². The number of hydrogen-bond donors (Lipinski definition) is 2. The standard InChI is InChI=1S/C9H8O5/c1-14-8-3-7(11)6(9(12)13)2-5(8)4-10/h2-4,11H,1H3,(H,12,13). The van der Waals surface area contributed by atoms with E-state index in [1.54, 1.807) is 0 Å². The van der Waals surface area contributed by atoms with Crippen LogP contribution in [0.15, 0.2) is 12.1 Å². The lowest BCUT2D eigenvalue weighted by molar-refractivity contribution is 0.0693. The van der Waals surface area contributed by atoms with Crippen LogP contribution in [0.4, 0.5) is 0 Å². The zero-order chi connectivity index (χ0) is 10.7. The second-order valence-corrected chi connectivity index (χ2v) is 2.53. The predicted molar refractivity (Wildman–Crippen MR) is 47.0 cm³/mol. The Hall–Kier alpha value is -2.04. The SMILES string of the molecule is COc1cc(O)c(C(=O)O)cc1C=O. The maximum Gasteiger partial charge on any atom is 0.339 e. The van der Waals surface area contributed by atoms with E-state index in [1.807, 2.05) is 0 Å². The number of carbonyl (C=O) groups excluding carboxylic acids is 1. The molecule has 14 heavy (non-hydrogen) atoms. The molecule has 0 atom stereocenters. The minimum atomic E-state index is -1.30. The molecule has 0 aliphatic carbocycles. The molecule has 0 aliphatic rings. The first-order valence-corrected chi connectivity index (χ1v) is 3.69. The first-order chi connectivity index (χ1) is 6.60. The Morgan fingerprint density at radius 3 is 2.57 bits per heavy atom. The molecule has 0 radical (unpaired) electrons. The molecule has 5 heteroatoms. The van der Waals surface area contributed by atoms with Crippen LogP contribution >= 0.6 is 0 Å². The highest BCUT2D eigenvalue weighted by Gasteiger charge is 2.14. The van der Waals surface area contributed by atoms with Crippen molar-refractivity contribution in [2.24, 2.45) is 0 Å². The molecular weight excluding hydrogens is 188 g/mol. The highest BCUT2D eigenvalue weighted by atomic mass is 16.5. The van der Waals surface area contributed by atoms with Gasteiger partial charge in [0.05, 0.1) is 12.7 Å². The number of methoxy groups -OCH3 is 1. The van der Waals surface area contributed by atoms with E-state index in [9.17, 15) is 14.7 Å². The van der Waals surface area contributed by atoms with E-state index < -0.39 is 11.7 Å². The zero-order valence-electron chi connectivity index (χ0n) is 7.35. The van der Waals surface area contributed by atoms with Gasteiger partial charge in [-0.15, -0.1) is 0 Å².